The zero-order valence-electron chi connectivity index (χ0n) is 16.3. The van der Waals surface area contributed by atoms with E-state index >= 15 is 0 Å². The maximum Gasteiger partial charge on any atom is 0.248 e. The number of primary amides is 1. The molecule has 0 aliphatic rings. The lowest BCUT2D eigenvalue weighted by Crippen LogP contribution is -2.10. The van der Waals surface area contributed by atoms with Crippen molar-refractivity contribution in [2.24, 2.45) is 11.7 Å². The molecule has 3 aromatic rings. The summed E-state index contributed by atoms with van der Waals surface area (Å²) in [7, 11) is 0. The van der Waals surface area contributed by atoms with Crippen LogP contribution < -0.4 is 11.1 Å². The highest BCUT2D eigenvalue weighted by atomic mass is 32.1. The average Bonchev–Trinajstić information content (AvgIpc) is 3.19. The Bertz CT molecular complexity index is 1060. The quantitative estimate of drug-likeness (QED) is 0.539. The van der Waals surface area contributed by atoms with Crippen LogP contribution in [0.15, 0.2) is 60.1 Å². The van der Waals surface area contributed by atoms with Crippen LogP contribution in [0.5, 0.6) is 0 Å². The number of benzene rings is 2. The molecule has 1 amide bonds. The largest absolute Gasteiger partial charge is 0.366 e. The summed E-state index contributed by atoms with van der Waals surface area (Å²) in [6.45, 7) is 4.41. The van der Waals surface area contributed by atoms with Gasteiger partial charge >= 0.3 is 0 Å². The number of nitrogens with two attached hydrogens (primary N) is 1. The molecule has 1 heterocycles. The summed E-state index contributed by atoms with van der Waals surface area (Å²) in [6.07, 6.45) is 2.67. The van der Waals surface area contributed by atoms with Gasteiger partial charge in [0.25, 0.3) is 0 Å². The number of nitrogens with zero attached hydrogens (tertiary/aromatic N) is 2. The number of carbonyl (C=O) groups is 1. The molecule has 0 fully saturated rings. The molecule has 0 unspecified atom stereocenters. The number of allylic oxidation sites excluding steroid dienone is 1. The molecule has 5 nitrogen and oxygen atoms in total. The third-order valence-electron chi connectivity index (χ3n) is 4.30. The molecular formula is C23H22N4OS. The van der Waals surface area contributed by atoms with E-state index in [0.29, 0.717) is 22.1 Å². The van der Waals surface area contributed by atoms with Crippen molar-refractivity contribution >= 4 is 28.5 Å². The summed E-state index contributed by atoms with van der Waals surface area (Å²) in [5, 5.41) is 15.2. The van der Waals surface area contributed by atoms with Crippen molar-refractivity contribution in [2.75, 3.05) is 5.32 Å². The Labute approximate surface area is 174 Å². The maximum atomic E-state index is 11.1. The highest BCUT2D eigenvalue weighted by molar-refractivity contribution is 7.11. The minimum atomic E-state index is -0.475. The number of anilines is 1. The van der Waals surface area contributed by atoms with E-state index in [0.717, 1.165) is 23.4 Å². The molecule has 0 aliphatic heterocycles. The van der Waals surface area contributed by atoms with Crippen LogP contribution in [0.4, 0.5) is 5.69 Å². The van der Waals surface area contributed by atoms with Crippen LogP contribution in [0.25, 0.3) is 16.8 Å². The third-order valence-corrected chi connectivity index (χ3v) is 5.18. The first kappa shape index (κ1) is 20.3. The Morgan fingerprint density at radius 1 is 1.21 bits per heavy atom. The van der Waals surface area contributed by atoms with Gasteiger partial charge in [-0.25, -0.2) is 4.98 Å². The molecule has 0 spiro atoms. The minimum absolute atomic E-state index is 0.434. The van der Waals surface area contributed by atoms with Crippen molar-refractivity contribution in [1.29, 1.82) is 5.26 Å². The topological polar surface area (TPSA) is 91.8 Å². The number of carbonyl (C=O) groups excluding carboxylic acids is 1. The highest BCUT2D eigenvalue weighted by Gasteiger charge is 2.09. The van der Waals surface area contributed by atoms with E-state index in [-0.39, 0.29) is 0 Å². The van der Waals surface area contributed by atoms with Crippen molar-refractivity contribution in [3.8, 4) is 17.3 Å². The average molecular weight is 403 g/mol. The number of aromatic nitrogens is 1. The molecule has 0 radical (unpaired) electrons. The molecule has 2 aromatic carbocycles. The van der Waals surface area contributed by atoms with E-state index in [9.17, 15) is 10.1 Å². The van der Waals surface area contributed by atoms with Crippen LogP contribution in [0.2, 0.25) is 0 Å². The maximum absolute atomic E-state index is 11.1. The molecule has 6 heteroatoms. The molecule has 146 valence electrons. The summed E-state index contributed by atoms with van der Waals surface area (Å²) in [6, 6.07) is 17.3. The van der Waals surface area contributed by atoms with Gasteiger partial charge in [-0.3, -0.25) is 4.79 Å². The van der Waals surface area contributed by atoms with Crippen LogP contribution in [-0.4, -0.2) is 10.9 Å². The number of thiazole rings is 1. The van der Waals surface area contributed by atoms with Gasteiger partial charge in [-0.15, -0.1) is 11.3 Å². The van der Waals surface area contributed by atoms with Gasteiger partial charge in [0, 0.05) is 28.4 Å². The van der Waals surface area contributed by atoms with Crippen molar-refractivity contribution in [3.05, 3.63) is 76.2 Å². The summed E-state index contributed by atoms with van der Waals surface area (Å²) in [5.74, 6) is 0.145. The van der Waals surface area contributed by atoms with E-state index < -0.39 is 5.91 Å². The number of amides is 1. The second kappa shape index (κ2) is 9.18. The fourth-order valence-electron chi connectivity index (χ4n) is 2.84. The second-order valence-corrected chi connectivity index (χ2v) is 7.95. The van der Waals surface area contributed by atoms with Crippen LogP contribution >= 0.6 is 11.3 Å². The summed E-state index contributed by atoms with van der Waals surface area (Å²) < 4.78 is 0. The van der Waals surface area contributed by atoms with Crippen molar-refractivity contribution in [3.63, 3.8) is 0 Å². The molecule has 0 saturated heterocycles. The predicted molar refractivity (Wildman–Crippen MR) is 118 cm³/mol. The van der Waals surface area contributed by atoms with Crippen LogP contribution in [-0.2, 0) is 6.42 Å². The standard InChI is InChI=1S/C23H22N4OS/c1-15(2)11-16-3-5-17(6-4-16)21-14-29-23(27-21)19(12-24)13-26-20-9-7-18(8-10-20)22(25)28/h3-10,13-15,26H,11H2,1-2H3,(H2,25,28)/b19-13-. The zero-order valence-corrected chi connectivity index (χ0v) is 17.2. The monoisotopic (exact) mass is 402 g/mol. The van der Waals surface area contributed by atoms with E-state index in [1.165, 1.54) is 16.9 Å². The minimum Gasteiger partial charge on any atom is -0.366 e. The second-order valence-electron chi connectivity index (χ2n) is 7.09. The number of rotatable bonds is 7. The molecular weight excluding hydrogens is 380 g/mol. The smallest absolute Gasteiger partial charge is 0.248 e. The Morgan fingerprint density at radius 3 is 2.48 bits per heavy atom. The fourth-order valence-corrected chi connectivity index (χ4v) is 3.64. The summed E-state index contributed by atoms with van der Waals surface area (Å²) >= 11 is 1.43. The van der Waals surface area contributed by atoms with E-state index in [2.05, 4.69) is 54.5 Å². The molecule has 1 aromatic heterocycles. The van der Waals surface area contributed by atoms with Gasteiger partial charge in [-0.05, 0) is 42.2 Å². The fraction of sp³-hybridized carbons (Fsp3) is 0.174. The molecule has 0 aliphatic carbocycles. The number of hydrogen-bond acceptors (Lipinski definition) is 5. The molecule has 3 rings (SSSR count). The Hall–Kier alpha value is -3.43. The van der Waals surface area contributed by atoms with E-state index in [1.54, 1.807) is 30.5 Å². The van der Waals surface area contributed by atoms with Gasteiger partial charge in [0.15, 0.2) is 0 Å². The Morgan fingerprint density at radius 2 is 1.90 bits per heavy atom. The molecule has 0 saturated carbocycles. The molecule has 0 bridgehead atoms. The normalized spacial score (nSPS) is 11.3. The molecule has 0 atom stereocenters. The summed E-state index contributed by atoms with van der Waals surface area (Å²) in [4.78, 5) is 15.8. The number of nitriles is 1. The molecule has 29 heavy (non-hydrogen) atoms. The number of nitrogens with one attached hydrogen (secondary N) is 1. The van der Waals surface area contributed by atoms with Crippen molar-refractivity contribution in [2.45, 2.75) is 20.3 Å². The van der Waals surface area contributed by atoms with E-state index in [1.807, 2.05) is 5.38 Å². The Balaban J connectivity index is 1.74. The lowest BCUT2D eigenvalue weighted by atomic mass is 10.0. The first-order valence-electron chi connectivity index (χ1n) is 9.28. The van der Waals surface area contributed by atoms with Gasteiger partial charge in [0.05, 0.1) is 5.69 Å². The lowest BCUT2D eigenvalue weighted by Gasteiger charge is -2.05. The highest BCUT2D eigenvalue weighted by Crippen LogP contribution is 2.26. The number of hydrogen-bond donors (Lipinski definition) is 2. The Kier molecular flexibility index (Phi) is 6.43. The lowest BCUT2D eigenvalue weighted by molar-refractivity contribution is 0.100. The first-order chi connectivity index (χ1) is 14.0. The van der Waals surface area contributed by atoms with Gasteiger partial charge in [-0.1, -0.05) is 38.1 Å². The van der Waals surface area contributed by atoms with Crippen molar-refractivity contribution in [1.82, 2.24) is 4.98 Å². The van der Waals surface area contributed by atoms with Gasteiger partial charge in [0.2, 0.25) is 5.91 Å². The third kappa shape index (κ3) is 5.31. The first-order valence-corrected chi connectivity index (χ1v) is 10.2. The zero-order chi connectivity index (χ0) is 20.8. The van der Waals surface area contributed by atoms with Crippen molar-refractivity contribution < 1.29 is 4.79 Å². The SMILES string of the molecule is CC(C)Cc1ccc(-c2csc(/C(C#N)=C\Nc3ccc(C(N)=O)cc3)n2)cc1. The van der Waals surface area contributed by atoms with E-state index in [4.69, 9.17) is 5.73 Å². The summed E-state index contributed by atoms with van der Waals surface area (Å²) in [5.41, 5.74) is 10.1. The van der Waals surface area contributed by atoms with Gasteiger partial charge in [0.1, 0.15) is 16.6 Å². The van der Waals surface area contributed by atoms with Crippen LogP contribution in [0, 0.1) is 17.2 Å². The van der Waals surface area contributed by atoms with Crippen LogP contribution in [0.1, 0.15) is 34.8 Å². The molecule has 3 N–H and O–H groups in total. The van der Waals surface area contributed by atoms with Gasteiger partial charge in [-0.2, -0.15) is 5.26 Å². The van der Waals surface area contributed by atoms with Gasteiger partial charge < -0.3 is 11.1 Å². The predicted octanol–water partition coefficient (Wildman–Crippen LogP) is 5.08. The van der Waals surface area contributed by atoms with Crippen LogP contribution in [0.3, 0.4) is 0 Å².